The fraction of sp³-hybridized carbons (Fsp3) is 0.333. The van der Waals surface area contributed by atoms with Gasteiger partial charge >= 0.3 is 0 Å². The second-order valence-electron chi connectivity index (χ2n) is 4.16. The van der Waals surface area contributed by atoms with E-state index in [1.54, 1.807) is 25.3 Å². The number of carbonyl (C=O) groups excluding carboxylic acids is 1. The molecule has 21 heavy (non-hydrogen) atoms. The number of rotatable bonds is 7. The standard InChI is InChI=1S/C15H17ClN2O3/c1-20-7-3-6-18-15(19)12(10-17)8-11-9-13(16)4-5-14(11)21-2/h4-5,8-9H,3,6-7H2,1-2H3,(H,18,19)/b12-8+. The third-order valence-electron chi connectivity index (χ3n) is 2.67. The van der Waals surface area contributed by atoms with Crippen molar-refractivity contribution in [1.82, 2.24) is 5.32 Å². The molecule has 1 rings (SSSR count). The molecule has 0 aliphatic heterocycles. The number of hydrogen-bond donors (Lipinski definition) is 1. The molecule has 112 valence electrons. The van der Waals surface area contributed by atoms with E-state index in [0.717, 1.165) is 0 Å². The highest BCUT2D eigenvalue weighted by Crippen LogP contribution is 2.24. The summed E-state index contributed by atoms with van der Waals surface area (Å²) in [5.41, 5.74) is 0.571. The summed E-state index contributed by atoms with van der Waals surface area (Å²) in [6.07, 6.45) is 2.14. The van der Waals surface area contributed by atoms with Crippen molar-refractivity contribution in [3.8, 4) is 11.8 Å². The summed E-state index contributed by atoms with van der Waals surface area (Å²) < 4.78 is 10.1. The Labute approximate surface area is 129 Å². The highest BCUT2D eigenvalue weighted by molar-refractivity contribution is 6.30. The van der Waals surface area contributed by atoms with Crippen LogP contribution in [0.25, 0.3) is 6.08 Å². The smallest absolute Gasteiger partial charge is 0.261 e. The number of halogens is 1. The van der Waals surface area contributed by atoms with Gasteiger partial charge in [-0.05, 0) is 30.7 Å². The van der Waals surface area contributed by atoms with Gasteiger partial charge in [0.15, 0.2) is 0 Å². The quantitative estimate of drug-likeness (QED) is 0.477. The topological polar surface area (TPSA) is 71.3 Å². The third kappa shape index (κ3) is 5.46. The van der Waals surface area contributed by atoms with Crippen LogP contribution < -0.4 is 10.1 Å². The maximum Gasteiger partial charge on any atom is 0.261 e. The normalized spacial score (nSPS) is 10.9. The van der Waals surface area contributed by atoms with Crippen molar-refractivity contribution in [3.63, 3.8) is 0 Å². The Bertz CT molecular complexity index is 565. The number of nitrogens with one attached hydrogen (secondary N) is 1. The molecule has 0 saturated carbocycles. The summed E-state index contributed by atoms with van der Waals surface area (Å²) in [5, 5.41) is 12.3. The molecule has 1 amide bonds. The van der Waals surface area contributed by atoms with Crippen LogP contribution in [0.1, 0.15) is 12.0 Å². The number of nitriles is 1. The minimum atomic E-state index is -0.435. The van der Waals surface area contributed by atoms with Crippen LogP contribution in [0, 0.1) is 11.3 Å². The summed E-state index contributed by atoms with van der Waals surface area (Å²) >= 11 is 5.92. The van der Waals surface area contributed by atoms with E-state index in [1.807, 2.05) is 6.07 Å². The molecule has 0 atom stereocenters. The molecule has 0 fully saturated rings. The first-order chi connectivity index (χ1) is 10.1. The van der Waals surface area contributed by atoms with Gasteiger partial charge in [-0.3, -0.25) is 4.79 Å². The van der Waals surface area contributed by atoms with Gasteiger partial charge in [-0.1, -0.05) is 11.6 Å². The lowest BCUT2D eigenvalue weighted by Crippen LogP contribution is -2.26. The summed E-state index contributed by atoms with van der Waals surface area (Å²) in [5.74, 6) is 0.106. The first kappa shape index (κ1) is 17.0. The molecule has 0 aromatic heterocycles. The molecule has 1 aromatic rings. The monoisotopic (exact) mass is 308 g/mol. The van der Waals surface area contributed by atoms with Gasteiger partial charge in [0.05, 0.1) is 7.11 Å². The molecule has 5 nitrogen and oxygen atoms in total. The second-order valence-corrected chi connectivity index (χ2v) is 4.59. The van der Waals surface area contributed by atoms with Crippen LogP contribution in [0.2, 0.25) is 5.02 Å². The van der Waals surface area contributed by atoms with Crippen molar-refractivity contribution in [2.45, 2.75) is 6.42 Å². The maximum absolute atomic E-state index is 11.9. The molecule has 0 spiro atoms. The Balaban J connectivity index is 2.86. The number of carbonyl (C=O) groups is 1. The Morgan fingerprint density at radius 2 is 2.24 bits per heavy atom. The van der Waals surface area contributed by atoms with E-state index in [9.17, 15) is 4.79 Å². The molecule has 0 radical (unpaired) electrons. The number of methoxy groups -OCH3 is 2. The largest absolute Gasteiger partial charge is 0.496 e. The van der Waals surface area contributed by atoms with E-state index in [4.69, 9.17) is 26.3 Å². The van der Waals surface area contributed by atoms with E-state index in [1.165, 1.54) is 13.2 Å². The molecule has 0 heterocycles. The fourth-order valence-corrected chi connectivity index (χ4v) is 1.82. The van der Waals surface area contributed by atoms with Gasteiger partial charge in [-0.2, -0.15) is 5.26 Å². The molecule has 0 bridgehead atoms. The zero-order valence-corrected chi connectivity index (χ0v) is 12.7. The maximum atomic E-state index is 11.9. The minimum absolute atomic E-state index is 0.00650. The molecule has 1 aromatic carbocycles. The molecule has 0 saturated heterocycles. The highest BCUT2D eigenvalue weighted by atomic mass is 35.5. The second kappa shape index (κ2) is 9.01. The van der Waals surface area contributed by atoms with E-state index in [0.29, 0.717) is 35.9 Å². The van der Waals surface area contributed by atoms with Crippen LogP contribution >= 0.6 is 11.6 Å². The predicted molar refractivity (Wildman–Crippen MR) is 81.1 cm³/mol. The molecule has 0 aliphatic rings. The van der Waals surface area contributed by atoms with Crippen molar-refractivity contribution in [1.29, 1.82) is 5.26 Å². The van der Waals surface area contributed by atoms with Gasteiger partial charge < -0.3 is 14.8 Å². The average molecular weight is 309 g/mol. The van der Waals surface area contributed by atoms with Crippen LogP contribution in [0.5, 0.6) is 5.75 Å². The first-order valence-electron chi connectivity index (χ1n) is 6.34. The van der Waals surface area contributed by atoms with Crippen molar-refractivity contribution >= 4 is 23.6 Å². The SMILES string of the molecule is COCCCNC(=O)/C(C#N)=C/c1cc(Cl)ccc1OC. The van der Waals surface area contributed by atoms with Crippen molar-refractivity contribution in [2.24, 2.45) is 0 Å². The molecule has 0 unspecified atom stereocenters. The van der Waals surface area contributed by atoms with Crippen molar-refractivity contribution in [3.05, 3.63) is 34.4 Å². The number of benzene rings is 1. The molecule has 1 N–H and O–H groups in total. The minimum Gasteiger partial charge on any atom is -0.496 e. The van der Waals surface area contributed by atoms with Gasteiger partial charge in [0.1, 0.15) is 17.4 Å². The van der Waals surface area contributed by atoms with Gasteiger partial charge in [0.25, 0.3) is 5.91 Å². The Morgan fingerprint density at radius 3 is 2.86 bits per heavy atom. The molecular formula is C15H17ClN2O3. The highest BCUT2D eigenvalue weighted by Gasteiger charge is 2.10. The predicted octanol–water partition coefficient (Wildman–Crippen LogP) is 2.41. The first-order valence-corrected chi connectivity index (χ1v) is 6.72. The number of nitrogens with zero attached hydrogens (tertiary/aromatic N) is 1. The molecule has 0 aliphatic carbocycles. The van der Waals surface area contributed by atoms with Gasteiger partial charge in [0.2, 0.25) is 0 Å². The van der Waals surface area contributed by atoms with Crippen LogP contribution in [0.15, 0.2) is 23.8 Å². The molecule has 6 heteroatoms. The summed E-state index contributed by atoms with van der Waals surface area (Å²) in [6.45, 7) is 0.992. The van der Waals surface area contributed by atoms with E-state index in [2.05, 4.69) is 5.32 Å². The zero-order chi connectivity index (χ0) is 15.7. The Kier molecular flexibility index (Phi) is 7.30. The summed E-state index contributed by atoms with van der Waals surface area (Å²) in [4.78, 5) is 11.9. The van der Waals surface area contributed by atoms with Gasteiger partial charge in [-0.15, -0.1) is 0 Å². The number of amides is 1. The number of ether oxygens (including phenoxy) is 2. The molecular weight excluding hydrogens is 292 g/mol. The fourth-order valence-electron chi connectivity index (χ4n) is 1.64. The van der Waals surface area contributed by atoms with Crippen molar-refractivity contribution < 1.29 is 14.3 Å². The van der Waals surface area contributed by atoms with Crippen LogP contribution in [-0.2, 0) is 9.53 Å². The lowest BCUT2D eigenvalue weighted by molar-refractivity contribution is -0.117. The Morgan fingerprint density at radius 1 is 1.48 bits per heavy atom. The van der Waals surface area contributed by atoms with Crippen LogP contribution in [0.4, 0.5) is 0 Å². The lowest BCUT2D eigenvalue weighted by Gasteiger charge is -2.07. The lowest BCUT2D eigenvalue weighted by atomic mass is 10.1. The number of hydrogen-bond acceptors (Lipinski definition) is 4. The third-order valence-corrected chi connectivity index (χ3v) is 2.90. The van der Waals surface area contributed by atoms with Crippen molar-refractivity contribution in [2.75, 3.05) is 27.4 Å². The Hall–Kier alpha value is -2.03. The van der Waals surface area contributed by atoms with E-state index in [-0.39, 0.29) is 5.57 Å². The summed E-state index contributed by atoms with van der Waals surface area (Å²) in [7, 11) is 3.10. The zero-order valence-electron chi connectivity index (χ0n) is 12.0. The average Bonchev–Trinajstić information content (AvgIpc) is 2.49. The summed E-state index contributed by atoms with van der Waals surface area (Å²) in [6, 6.07) is 6.87. The van der Waals surface area contributed by atoms with E-state index >= 15 is 0 Å². The van der Waals surface area contributed by atoms with Crippen LogP contribution in [0.3, 0.4) is 0 Å². The van der Waals surface area contributed by atoms with E-state index < -0.39 is 5.91 Å². The van der Waals surface area contributed by atoms with Gasteiger partial charge in [-0.25, -0.2) is 0 Å². The van der Waals surface area contributed by atoms with Crippen LogP contribution in [-0.4, -0.2) is 33.3 Å². The van der Waals surface area contributed by atoms with Gasteiger partial charge in [0, 0.05) is 30.8 Å².